The monoisotopic (exact) mass is 285 g/mol. The van der Waals surface area contributed by atoms with E-state index in [1.165, 1.54) is 0 Å². The zero-order valence-corrected chi connectivity index (χ0v) is 12.5. The lowest BCUT2D eigenvalue weighted by atomic mass is 10.1. The van der Waals surface area contributed by atoms with Gasteiger partial charge in [0.05, 0.1) is 12.7 Å². The van der Waals surface area contributed by atoms with Crippen LogP contribution in [0.25, 0.3) is 0 Å². The van der Waals surface area contributed by atoms with E-state index in [4.69, 9.17) is 16.3 Å². The van der Waals surface area contributed by atoms with Crippen molar-refractivity contribution in [2.24, 2.45) is 5.92 Å². The highest BCUT2D eigenvalue weighted by atomic mass is 35.5. The number of halogens is 1. The zero-order chi connectivity index (χ0) is 14.1. The van der Waals surface area contributed by atoms with Crippen LogP contribution in [0.2, 0.25) is 5.02 Å². The van der Waals surface area contributed by atoms with Gasteiger partial charge in [-0.1, -0.05) is 37.6 Å². The van der Waals surface area contributed by atoms with E-state index in [-0.39, 0.29) is 0 Å². The maximum absolute atomic E-state index is 9.94. The molecule has 0 heterocycles. The summed E-state index contributed by atoms with van der Waals surface area (Å²) in [6.45, 7) is 7.13. The van der Waals surface area contributed by atoms with Gasteiger partial charge >= 0.3 is 0 Å². The Balaban J connectivity index is 2.07. The molecule has 1 aromatic carbocycles. The Hall–Kier alpha value is -0.610. The quantitative estimate of drug-likeness (QED) is 0.685. The molecule has 0 bridgehead atoms. The van der Waals surface area contributed by atoms with Crippen molar-refractivity contribution in [3.63, 3.8) is 0 Å². The van der Waals surface area contributed by atoms with Gasteiger partial charge in [-0.05, 0) is 30.0 Å². The first kappa shape index (κ1) is 16.4. The Labute approximate surface area is 120 Å². The van der Waals surface area contributed by atoms with Crippen LogP contribution in [0.3, 0.4) is 0 Å². The number of benzene rings is 1. The molecule has 2 N–H and O–H groups in total. The van der Waals surface area contributed by atoms with E-state index in [9.17, 15) is 5.11 Å². The predicted molar refractivity (Wildman–Crippen MR) is 79.6 cm³/mol. The van der Waals surface area contributed by atoms with Crippen molar-refractivity contribution in [1.82, 2.24) is 5.32 Å². The fourth-order valence-electron chi connectivity index (χ4n) is 1.61. The third-order valence-electron chi connectivity index (χ3n) is 2.86. The van der Waals surface area contributed by atoms with E-state index in [1.54, 1.807) is 12.1 Å². The Bertz CT molecular complexity index is 341. The summed E-state index contributed by atoms with van der Waals surface area (Å²) in [7, 11) is 0. The van der Waals surface area contributed by atoms with E-state index in [2.05, 4.69) is 19.2 Å². The maximum Gasteiger partial charge on any atom is 0.0914 e. The average molecular weight is 286 g/mol. The number of hydrogen-bond acceptors (Lipinski definition) is 3. The summed E-state index contributed by atoms with van der Waals surface area (Å²) in [4.78, 5) is 0. The molecular weight excluding hydrogens is 262 g/mol. The average Bonchev–Trinajstić information content (AvgIpc) is 2.38. The van der Waals surface area contributed by atoms with Gasteiger partial charge in [0.2, 0.25) is 0 Å². The number of aliphatic hydroxyl groups excluding tert-OH is 1. The Morgan fingerprint density at radius 3 is 2.53 bits per heavy atom. The summed E-state index contributed by atoms with van der Waals surface area (Å²) >= 11 is 5.80. The molecule has 3 nitrogen and oxygen atoms in total. The minimum Gasteiger partial charge on any atom is -0.387 e. The smallest absolute Gasteiger partial charge is 0.0914 e. The molecule has 0 saturated heterocycles. The maximum atomic E-state index is 9.94. The topological polar surface area (TPSA) is 41.5 Å². The van der Waals surface area contributed by atoms with Gasteiger partial charge in [0.15, 0.2) is 0 Å². The molecule has 1 atom stereocenters. The third-order valence-corrected chi connectivity index (χ3v) is 3.11. The molecule has 4 heteroatoms. The molecule has 0 aliphatic rings. The van der Waals surface area contributed by atoms with Gasteiger partial charge in [-0.25, -0.2) is 0 Å². The molecule has 0 fully saturated rings. The normalized spacial score (nSPS) is 12.9. The van der Waals surface area contributed by atoms with Crippen LogP contribution in [0.5, 0.6) is 0 Å². The highest BCUT2D eigenvalue weighted by molar-refractivity contribution is 6.30. The largest absolute Gasteiger partial charge is 0.387 e. The van der Waals surface area contributed by atoms with Crippen molar-refractivity contribution in [3.8, 4) is 0 Å². The minimum absolute atomic E-state index is 0.507. The summed E-state index contributed by atoms with van der Waals surface area (Å²) in [6, 6.07) is 7.26. The number of nitrogens with one attached hydrogen (secondary N) is 1. The minimum atomic E-state index is -0.507. The molecule has 1 rings (SSSR count). The highest BCUT2D eigenvalue weighted by Gasteiger charge is 2.06. The second-order valence-electron chi connectivity index (χ2n) is 5.07. The van der Waals surface area contributed by atoms with Crippen LogP contribution in [-0.4, -0.2) is 31.4 Å². The first-order valence-electron chi connectivity index (χ1n) is 6.81. The van der Waals surface area contributed by atoms with Gasteiger partial charge in [0.25, 0.3) is 0 Å². The van der Waals surface area contributed by atoms with Crippen molar-refractivity contribution in [2.75, 3.05) is 26.3 Å². The van der Waals surface area contributed by atoms with E-state index in [0.717, 1.165) is 25.1 Å². The Morgan fingerprint density at radius 2 is 1.89 bits per heavy atom. The van der Waals surface area contributed by atoms with Gasteiger partial charge in [0, 0.05) is 24.7 Å². The third kappa shape index (κ3) is 7.53. The molecule has 108 valence electrons. The SMILES string of the molecule is CC(C)CCOCCNCC(O)c1ccc(Cl)cc1. The van der Waals surface area contributed by atoms with Crippen LogP contribution in [0.4, 0.5) is 0 Å². The van der Waals surface area contributed by atoms with Crippen LogP contribution in [0.15, 0.2) is 24.3 Å². The van der Waals surface area contributed by atoms with Crippen LogP contribution in [-0.2, 0) is 4.74 Å². The van der Waals surface area contributed by atoms with E-state index < -0.39 is 6.10 Å². The lowest BCUT2D eigenvalue weighted by molar-refractivity contribution is 0.119. The van der Waals surface area contributed by atoms with E-state index >= 15 is 0 Å². The molecule has 1 unspecified atom stereocenters. The van der Waals surface area contributed by atoms with Crippen molar-refractivity contribution < 1.29 is 9.84 Å². The number of aliphatic hydroxyl groups is 1. The molecule has 0 amide bonds. The van der Waals surface area contributed by atoms with Gasteiger partial charge in [-0.2, -0.15) is 0 Å². The van der Waals surface area contributed by atoms with Crippen molar-refractivity contribution in [1.29, 1.82) is 0 Å². The summed E-state index contributed by atoms with van der Waals surface area (Å²) in [6.07, 6.45) is 0.584. The molecule has 19 heavy (non-hydrogen) atoms. The lowest BCUT2D eigenvalue weighted by Crippen LogP contribution is -2.25. The molecule has 0 radical (unpaired) electrons. The van der Waals surface area contributed by atoms with Crippen LogP contribution in [0.1, 0.15) is 31.9 Å². The number of ether oxygens (including phenoxy) is 1. The Morgan fingerprint density at radius 1 is 1.21 bits per heavy atom. The first-order chi connectivity index (χ1) is 9.09. The van der Waals surface area contributed by atoms with Gasteiger partial charge in [0.1, 0.15) is 0 Å². The van der Waals surface area contributed by atoms with Crippen molar-refractivity contribution in [2.45, 2.75) is 26.4 Å². The molecule has 0 aromatic heterocycles. The van der Waals surface area contributed by atoms with Crippen LogP contribution < -0.4 is 5.32 Å². The van der Waals surface area contributed by atoms with Gasteiger partial charge in [-0.3, -0.25) is 0 Å². The van der Waals surface area contributed by atoms with E-state index in [1.807, 2.05) is 12.1 Å². The molecule has 1 aromatic rings. The molecule has 0 aliphatic carbocycles. The standard InChI is InChI=1S/C15H24ClNO2/c1-12(2)7-9-19-10-8-17-11-15(18)13-3-5-14(16)6-4-13/h3-6,12,15,17-18H,7-11H2,1-2H3. The summed E-state index contributed by atoms with van der Waals surface area (Å²) in [5, 5.41) is 13.8. The summed E-state index contributed by atoms with van der Waals surface area (Å²) in [5.41, 5.74) is 0.873. The second kappa shape index (κ2) is 9.32. The first-order valence-corrected chi connectivity index (χ1v) is 7.19. The highest BCUT2D eigenvalue weighted by Crippen LogP contribution is 2.15. The van der Waals surface area contributed by atoms with Crippen LogP contribution >= 0.6 is 11.6 Å². The van der Waals surface area contributed by atoms with Crippen molar-refractivity contribution >= 4 is 11.6 Å². The van der Waals surface area contributed by atoms with Gasteiger partial charge < -0.3 is 15.2 Å². The van der Waals surface area contributed by atoms with E-state index in [0.29, 0.717) is 24.1 Å². The molecule has 0 aliphatic heterocycles. The lowest BCUT2D eigenvalue weighted by Gasteiger charge is -2.12. The zero-order valence-electron chi connectivity index (χ0n) is 11.7. The summed E-state index contributed by atoms with van der Waals surface area (Å²) in [5.74, 6) is 0.680. The van der Waals surface area contributed by atoms with Crippen molar-refractivity contribution in [3.05, 3.63) is 34.9 Å². The van der Waals surface area contributed by atoms with Crippen LogP contribution in [0, 0.1) is 5.92 Å². The Kier molecular flexibility index (Phi) is 8.07. The fourth-order valence-corrected chi connectivity index (χ4v) is 1.73. The molecule has 0 saturated carbocycles. The second-order valence-corrected chi connectivity index (χ2v) is 5.50. The van der Waals surface area contributed by atoms with Gasteiger partial charge in [-0.15, -0.1) is 0 Å². The fraction of sp³-hybridized carbons (Fsp3) is 0.600. The molecule has 0 spiro atoms. The number of hydrogen-bond donors (Lipinski definition) is 2. The number of rotatable bonds is 9. The summed E-state index contributed by atoms with van der Waals surface area (Å²) < 4.78 is 5.49. The molecular formula is C15H24ClNO2. The predicted octanol–water partition coefficient (Wildman–Crippen LogP) is 3.03.